The maximum Gasteiger partial charge on any atom is 0.251 e. The Labute approximate surface area is 174 Å². The number of aromatic nitrogens is 3. The lowest BCUT2D eigenvalue weighted by Gasteiger charge is -2.21. The van der Waals surface area contributed by atoms with Crippen LogP contribution in [0, 0.1) is 5.92 Å². The first-order valence-electron chi connectivity index (χ1n) is 10.0. The summed E-state index contributed by atoms with van der Waals surface area (Å²) in [4.78, 5) is 29.4. The number of nitrogens with one attached hydrogen (secondary N) is 1. The maximum absolute atomic E-state index is 12.8. The molecule has 0 bridgehead atoms. The minimum Gasteiger partial charge on any atom is -0.352 e. The topological polar surface area (TPSA) is 76.4 Å². The second-order valence-electron chi connectivity index (χ2n) is 7.52. The Balaban J connectivity index is 1.39. The average molecular weight is 411 g/mol. The van der Waals surface area contributed by atoms with Crippen LogP contribution in [0.3, 0.4) is 0 Å². The van der Waals surface area contributed by atoms with Crippen LogP contribution in [-0.2, 0) is 0 Å². The first kappa shape index (κ1) is 19.6. The second-order valence-corrected chi connectivity index (χ2v) is 7.91. The van der Waals surface area contributed by atoms with Gasteiger partial charge in [-0.15, -0.1) is 0 Å². The molecule has 2 heterocycles. The highest BCUT2D eigenvalue weighted by molar-refractivity contribution is 6.29. The van der Waals surface area contributed by atoms with E-state index < -0.39 is 0 Å². The number of benzene rings is 1. The van der Waals surface area contributed by atoms with Crippen molar-refractivity contribution in [2.75, 3.05) is 6.54 Å². The van der Waals surface area contributed by atoms with Crippen LogP contribution in [-0.4, -0.2) is 32.8 Å². The van der Waals surface area contributed by atoms with E-state index in [9.17, 15) is 9.59 Å². The fraction of sp³-hybridized carbons (Fsp3) is 0.364. The summed E-state index contributed by atoms with van der Waals surface area (Å²) >= 11 is 5.93. The minimum atomic E-state index is -0.225. The van der Waals surface area contributed by atoms with E-state index in [4.69, 9.17) is 11.6 Å². The SMILES string of the molecule is O=C(NCCC1CCCCC1)c1ccc(C(=O)c2cnc3ccc(Cl)nn23)cc1. The number of hydrogen-bond donors (Lipinski definition) is 1. The molecule has 1 aliphatic rings. The van der Waals surface area contributed by atoms with Gasteiger partial charge in [0.15, 0.2) is 5.65 Å². The molecule has 1 aliphatic carbocycles. The van der Waals surface area contributed by atoms with Crippen LogP contribution in [0.25, 0.3) is 5.65 Å². The Kier molecular flexibility index (Phi) is 5.90. The van der Waals surface area contributed by atoms with E-state index >= 15 is 0 Å². The lowest BCUT2D eigenvalue weighted by Crippen LogP contribution is -2.26. The highest BCUT2D eigenvalue weighted by Gasteiger charge is 2.17. The highest BCUT2D eigenvalue weighted by atomic mass is 35.5. The molecule has 1 N–H and O–H groups in total. The van der Waals surface area contributed by atoms with Crippen LogP contribution in [0.4, 0.5) is 0 Å². The van der Waals surface area contributed by atoms with Gasteiger partial charge in [0, 0.05) is 17.7 Å². The molecule has 2 aromatic heterocycles. The molecule has 0 unspecified atom stereocenters. The quantitative estimate of drug-likeness (QED) is 0.614. The van der Waals surface area contributed by atoms with Gasteiger partial charge in [-0.1, -0.05) is 55.8 Å². The zero-order valence-electron chi connectivity index (χ0n) is 16.1. The molecular weight excluding hydrogens is 388 g/mol. The van der Waals surface area contributed by atoms with Gasteiger partial charge in [0.1, 0.15) is 10.8 Å². The molecule has 1 fully saturated rings. The number of carbonyl (C=O) groups is 2. The lowest BCUT2D eigenvalue weighted by molar-refractivity contribution is 0.0948. The molecule has 7 heteroatoms. The molecule has 6 nitrogen and oxygen atoms in total. The minimum absolute atomic E-state index is 0.108. The summed E-state index contributed by atoms with van der Waals surface area (Å²) in [7, 11) is 0. The first-order valence-corrected chi connectivity index (χ1v) is 10.4. The van der Waals surface area contributed by atoms with E-state index in [2.05, 4.69) is 15.4 Å². The van der Waals surface area contributed by atoms with Crippen molar-refractivity contribution in [3.63, 3.8) is 0 Å². The Morgan fingerprint density at radius 1 is 1.03 bits per heavy atom. The Morgan fingerprint density at radius 3 is 2.52 bits per heavy atom. The number of nitrogens with zero attached hydrogens (tertiary/aromatic N) is 3. The van der Waals surface area contributed by atoms with E-state index in [0.29, 0.717) is 29.0 Å². The summed E-state index contributed by atoms with van der Waals surface area (Å²) in [6, 6.07) is 9.98. The van der Waals surface area contributed by atoms with Crippen LogP contribution >= 0.6 is 11.6 Å². The molecule has 1 saturated carbocycles. The van der Waals surface area contributed by atoms with Crippen molar-refractivity contribution in [2.45, 2.75) is 38.5 Å². The molecule has 0 aliphatic heterocycles. The molecule has 0 atom stereocenters. The van der Waals surface area contributed by atoms with E-state index in [-0.39, 0.29) is 16.8 Å². The van der Waals surface area contributed by atoms with E-state index in [0.717, 1.165) is 12.3 Å². The maximum atomic E-state index is 12.8. The number of rotatable bonds is 6. The van der Waals surface area contributed by atoms with E-state index in [1.807, 2.05) is 0 Å². The molecular formula is C22H23ClN4O2. The molecule has 0 radical (unpaired) electrons. The van der Waals surface area contributed by atoms with Crippen LogP contribution in [0.2, 0.25) is 5.15 Å². The summed E-state index contributed by atoms with van der Waals surface area (Å²) in [6.45, 7) is 0.693. The van der Waals surface area contributed by atoms with E-state index in [1.54, 1.807) is 36.4 Å². The largest absolute Gasteiger partial charge is 0.352 e. The van der Waals surface area contributed by atoms with Crippen LogP contribution in [0.5, 0.6) is 0 Å². The number of ketones is 1. The molecule has 0 saturated heterocycles. The van der Waals surface area contributed by atoms with Gasteiger partial charge < -0.3 is 5.32 Å². The monoisotopic (exact) mass is 410 g/mol. The van der Waals surface area contributed by atoms with Crippen LogP contribution in [0.1, 0.15) is 64.9 Å². The van der Waals surface area contributed by atoms with Gasteiger partial charge in [0.05, 0.1) is 6.20 Å². The van der Waals surface area contributed by atoms with Crippen molar-refractivity contribution in [2.24, 2.45) is 5.92 Å². The zero-order valence-corrected chi connectivity index (χ0v) is 16.9. The predicted octanol–water partition coefficient (Wildman–Crippen LogP) is 4.31. The normalized spacial score (nSPS) is 14.8. The second kappa shape index (κ2) is 8.74. The summed E-state index contributed by atoms with van der Waals surface area (Å²) in [5.41, 5.74) is 1.88. The number of hydrogen-bond acceptors (Lipinski definition) is 4. The molecule has 150 valence electrons. The summed E-state index contributed by atoms with van der Waals surface area (Å²) in [6.07, 6.45) is 9.02. The molecule has 29 heavy (non-hydrogen) atoms. The van der Waals surface area contributed by atoms with Crippen molar-refractivity contribution >= 4 is 28.9 Å². The standard InChI is InChI=1S/C22H23ClN4O2/c23-19-10-11-20-25-14-18(27(20)26-19)21(28)16-6-8-17(9-7-16)22(29)24-13-12-15-4-2-1-3-5-15/h6-11,14-15H,1-5,12-13H2,(H,24,29). The zero-order chi connectivity index (χ0) is 20.2. The van der Waals surface area contributed by atoms with Gasteiger partial charge in [0.25, 0.3) is 5.91 Å². The fourth-order valence-electron chi connectivity index (χ4n) is 3.89. The molecule has 4 rings (SSSR count). The van der Waals surface area contributed by atoms with Crippen LogP contribution in [0.15, 0.2) is 42.6 Å². The van der Waals surface area contributed by atoms with Crippen molar-refractivity contribution in [1.29, 1.82) is 0 Å². The predicted molar refractivity (Wildman–Crippen MR) is 111 cm³/mol. The summed E-state index contributed by atoms with van der Waals surface area (Å²) in [5, 5.41) is 7.41. The summed E-state index contributed by atoms with van der Waals surface area (Å²) in [5.74, 6) is 0.399. The van der Waals surface area contributed by atoms with Gasteiger partial charge in [-0.3, -0.25) is 9.59 Å². The van der Waals surface area contributed by atoms with Gasteiger partial charge in [0.2, 0.25) is 5.78 Å². The Hall–Kier alpha value is -2.73. The molecule has 0 spiro atoms. The van der Waals surface area contributed by atoms with Crippen molar-refractivity contribution < 1.29 is 9.59 Å². The van der Waals surface area contributed by atoms with Crippen molar-refractivity contribution in [3.05, 3.63) is 64.6 Å². The molecule has 3 aromatic rings. The number of fused-ring (bicyclic) bond motifs is 1. The third kappa shape index (κ3) is 4.48. The Morgan fingerprint density at radius 2 is 1.76 bits per heavy atom. The number of halogens is 1. The first-order chi connectivity index (χ1) is 14.1. The average Bonchev–Trinajstić information content (AvgIpc) is 3.17. The third-order valence-corrected chi connectivity index (χ3v) is 5.74. The fourth-order valence-corrected chi connectivity index (χ4v) is 4.03. The van der Waals surface area contributed by atoms with Crippen molar-refractivity contribution in [3.8, 4) is 0 Å². The van der Waals surface area contributed by atoms with E-state index in [1.165, 1.54) is 42.8 Å². The van der Waals surface area contributed by atoms with Gasteiger partial charge in [-0.25, -0.2) is 9.50 Å². The van der Waals surface area contributed by atoms with Gasteiger partial charge >= 0.3 is 0 Å². The molecule has 1 aromatic carbocycles. The Bertz CT molecular complexity index is 1020. The summed E-state index contributed by atoms with van der Waals surface area (Å²) < 4.78 is 1.43. The molecule has 1 amide bonds. The highest BCUT2D eigenvalue weighted by Crippen LogP contribution is 2.25. The number of imidazole rings is 1. The smallest absolute Gasteiger partial charge is 0.251 e. The van der Waals surface area contributed by atoms with Crippen LogP contribution < -0.4 is 5.32 Å². The lowest BCUT2D eigenvalue weighted by atomic mass is 9.87. The van der Waals surface area contributed by atoms with Gasteiger partial charge in [-0.2, -0.15) is 5.10 Å². The van der Waals surface area contributed by atoms with Gasteiger partial charge in [-0.05, 0) is 36.6 Å². The number of carbonyl (C=O) groups excluding carboxylic acids is 2. The number of amides is 1. The van der Waals surface area contributed by atoms with Crippen molar-refractivity contribution in [1.82, 2.24) is 19.9 Å². The third-order valence-electron chi connectivity index (χ3n) is 5.53.